The molecule has 3 aromatic rings. The highest BCUT2D eigenvalue weighted by molar-refractivity contribution is 7.16. The van der Waals surface area contributed by atoms with Crippen LogP contribution in [-0.2, 0) is 6.54 Å². The van der Waals surface area contributed by atoms with Crippen molar-refractivity contribution in [2.75, 3.05) is 6.61 Å². The van der Waals surface area contributed by atoms with Gasteiger partial charge in [-0.1, -0.05) is 23.5 Å². The number of alkyl halides is 3. The molecule has 9 heteroatoms. The second-order valence-electron chi connectivity index (χ2n) is 5.14. The molecule has 0 amide bonds. The first-order valence-electron chi connectivity index (χ1n) is 6.94. The van der Waals surface area contributed by atoms with E-state index in [1.165, 1.54) is 12.1 Å². The van der Waals surface area contributed by atoms with Crippen LogP contribution in [0.5, 0.6) is 5.88 Å². The van der Waals surface area contributed by atoms with Gasteiger partial charge in [-0.05, 0) is 24.6 Å². The van der Waals surface area contributed by atoms with E-state index in [2.05, 4.69) is 14.9 Å². The van der Waals surface area contributed by atoms with Crippen molar-refractivity contribution in [1.82, 2.24) is 14.8 Å². The Labute approximate surface area is 138 Å². The Bertz CT molecular complexity index is 916. The maximum absolute atomic E-state index is 12.2. The van der Waals surface area contributed by atoms with Crippen LogP contribution in [0.15, 0.2) is 35.1 Å². The molecule has 0 spiro atoms. The lowest BCUT2D eigenvalue weighted by molar-refractivity contribution is -0.154. The van der Waals surface area contributed by atoms with Crippen molar-refractivity contribution < 1.29 is 17.9 Å². The number of nitrogens with zero attached hydrogens (tertiary/aromatic N) is 3. The zero-order valence-corrected chi connectivity index (χ0v) is 13.3. The minimum atomic E-state index is -4.43. The normalized spacial score (nSPS) is 11.8. The molecule has 0 bridgehead atoms. The van der Waals surface area contributed by atoms with Gasteiger partial charge in [-0.2, -0.15) is 13.2 Å². The van der Waals surface area contributed by atoms with Crippen molar-refractivity contribution >= 4 is 21.6 Å². The van der Waals surface area contributed by atoms with Crippen molar-refractivity contribution in [3.8, 4) is 5.88 Å². The summed E-state index contributed by atoms with van der Waals surface area (Å²) in [5.74, 6) is -0.213. The number of halogens is 3. The second-order valence-corrected chi connectivity index (χ2v) is 6.11. The molecule has 3 rings (SSSR count). The van der Waals surface area contributed by atoms with E-state index in [1.54, 1.807) is 4.57 Å². The molecule has 0 aliphatic heterocycles. The maximum Gasteiger partial charge on any atom is 0.422 e. The molecule has 0 aliphatic rings. The third-order valence-electron chi connectivity index (χ3n) is 3.29. The number of benzene rings is 1. The van der Waals surface area contributed by atoms with E-state index in [0.717, 1.165) is 27.1 Å². The van der Waals surface area contributed by atoms with Crippen molar-refractivity contribution in [3.63, 3.8) is 0 Å². The lowest BCUT2D eigenvalue weighted by Gasteiger charge is -2.08. The molecule has 0 fully saturated rings. The van der Waals surface area contributed by atoms with Crippen LogP contribution in [0, 0.1) is 6.92 Å². The molecule has 0 atom stereocenters. The van der Waals surface area contributed by atoms with Crippen LogP contribution in [0.2, 0.25) is 0 Å². The molecule has 24 heavy (non-hydrogen) atoms. The fourth-order valence-corrected chi connectivity index (χ4v) is 3.16. The predicted molar refractivity (Wildman–Crippen MR) is 83.5 cm³/mol. The third kappa shape index (κ3) is 3.56. The lowest BCUT2D eigenvalue weighted by Crippen LogP contribution is -2.20. The van der Waals surface area contributed by atoms with E-state index in [0.29, 0.717) is 5.69 Å². The van der Waals surface area contributed by atoms with Crippen LogP contribution in [0.4, 0.5) is 13.2 Å². The summed E-state index contributed by atoms with van der Waals surface area (Å²) in [6, 6.07) is 8.42. The van der Waals surface area contributed by atoms with Gasteiger partial charge in [0.15, 0.2) is 6.61 Å². The summed E-state index contributed by atoms with van der Waals surface area (Å²) >= 11 is 1.15. The molecule has 2 heterocycles. The minimum Gasteiger partial charge on any atom is -0.467 e. The van der Waals surface area contributed by atoms with Gasteiger partial charge in [0, 0.05) is 6.07 Å². The molecule has 0 N–H and O–H groups in total. The highest BCUT2D eigenvalue weighted by atomic mass is 32.1. The number of rotatable bonds is 4. The molecule has 0 unspecified atom stereocenters. The molecule has 0 saturated carbocycles. The largest absolute Gasteiger partial charge is 0.467 e. The highest BCUT2D eigenvalue weighted by Crippen LogP contribution is 2.22. The van der Waals surface area contributed by atoms with Gasteiger partial charge in [0.1, 0.15) is 0 Å². The summed E-state index contributed by atoms with van der Waals surface area (Å²) < 4.78 is 43.2. The smallest absolute Gasteiger partial charge is 0.422 e. The monoisotopic (exact) mass is 355 g/mol. The van der Waals surface area contributed by atoms with Crippen LogP contribution in [-0.4, -0.2) is 27.5 Å². The Morgan fingerprint density at radius 3 is 2.67 bits per heavy atom. The van der Waals surface area contributed by atoms with Crippen LogP contribution in [0.1, 0.15) is 11.3 Å². The van der Waals surface area contributed by atoms with E-state index < -0.39 is 12.8 Å². The van der Waals surface area contributed by atoms with Gasteiger partial charge in [0.2, 0.25) is 5.88 Å². The molecular formula is C15H12F3N3O2S. The number of aromatic nitrogens is 3. The van der Waals surface area contributed by atoms with E-state index in [-0.39, 0.29) is 17.3 Å². The standard InChI is InChI=1S/C15H12F3N3O2S/c1-9-3-2-4-11-13(9)24-14(22)21(11)7-10-5-6-12(20-19-10)23-8-15(16,17)18/h2-6H,7-8H2,1H3. The summed E-state index contributed by atoms with van der Waals surface area (Å²) in [6.45, 7) is 0.693. The SMILES string of the molecule is Cc1cccc2c1sc(=O)n2Cc1ccc(OCC(F)(F)F)nn1. The average molecular weight is 355 g/mol. The summed E-state index contributed by atoms with van der Waals surface area (Å²) in [4.78, 5) is 12.0. The average Bonchev–Trinajstić information content (AvgIpc) is 2.84. The van der Waals surface area contributed by atoms with Gasteiger partial charge >= 0.3 is 11.0 Å². The summed E-state index contributed by atoms with van der Waals surface area (Å²) in [7, 11) is 0. The molecule has 2 aromatic heterocycles. The van der Waals surface area contributed by atoms with Crippen LogP contribution in [0.3, 0.4) is 0 Å². The Morgan fingerprint density at radius 2 is 2.00 bits per heavy atom. The number of hydrogen-bond acceptors (Lipinski definition) is 5. The Balaban J connectivity index is 1.81. The number of hydrogen-bond donors (Lipinski definition) is 0. The summed E-state index contributed by atoms with van der Waals surface area (Å²) in [6.07, 6.45) is -4.43. The van der Waals surface area contributed by atoms with Crippen molar-refractivity contribution in [2.24, 2.45) is 0 Å². The van der Waals surface area contributed by atoms with Gasteiger partial charge in [0.25, 0.3) is 0 Å². The number of aryl methyl sites for hydroxylation is 1. The predicted octanol–water partition coefficient (Wildman–Crippen LogP) is 3.15. The highest BCUT2D eigenvalue weighted by Gasteiger charge is 2.28. The Hall–Kier alpha value is -2.42. The number of ether oxygens (including phenoxy) is 1. The fourth-order valence-electron chi connectivity index (χ4n) is 2.20. The molecule has 126 valence electrons. The van der Waals surface area contributed by atoms with E-state index >= 15 is 0 Å². The third-order valence-corrected chi connectivity index (χ3v) is 4.42. The second kappa shape index (κ2) is 6.23. The first-order chi connectivity index (χ1) is 11.3. The quantitative estimate of drug-likeness (QED) is 0.721. The molecule has 0 radical (unpaired) electrons. The maximum atomic E-state index is 12.2. The van der Waals surface area contributed by atoms with Crippen LogP contribution < -0.4 is 9.61 Å². The number of fused-ring (bicyclic) bond motifs is 1. The summed E-state index contributed by atoms with van der Waals surface area (Å²) in [5.41, 5.74) is 2.26. The van der Waals surface area contributed by atoms with Gasteiger partial charge in [0.05, 0.1) is 22.5 Å². The molecular weight excluding hydrogens is 343 g/mol. The molecule has 0 saturated heterocycles. The van der Waals surface area contributed by atoms with Crippen molar-refractivity contribution in [3.05, 3.63) is 51.3 Å². The lowest BCUT2D eigenvalue weighted by atomic mass is 10.2. The summed E-state index contributed by atoms with van der Waals surface area (Å²) in [5, 5.41) is 7.43. The zero-order chi connectivity index (χ0) is 17.3. The van der Waals surface area contributed by atoms with Crippen LogP contribution in [0.25, 0.3) is 10.2 Å². The van der Waals surface area contributed by atoms with E-state index in [9.17, 15) is 18.0 Å². The van der Waals surface area contributed by atoms with Gasteiger partial charge < -0.3 is 4.74 Å². The molecule has 5 nitrogen and oxygen atoms in total. The first kappa shape index (κ1) is 16.4. The number of thiazole rings is 1. The topological polar surface area (TPSA) is 57.0 Å². The van der Waals surface area contributed by atoms with Gasteiger partial charge in [-0.25, -0.2) is 0 Å². The Kier molecular flexibility index (Phi) is 4.27. The molecule has 1 aromatic carbocycles. The minimum absolute atomic E-state index is 0.126. The van der Waals surface area contributed by atoms with E-state index in [1.807, 2.05) is 25.1 Å². The fraction of sp³-hybridized carbons (Fsp3) is 0.267. The first-order valence-corrected chi connectivity index (χ1v) is 7.76. The van der Waals surface area contributed by atoms with Crippen molar-refractivity contribution in [1.29, 1.82) is 0 Å². The van der Waals surface area contributed by atoms with E-state index in [4.69, 9.17) is 0 Å². The molecule has 0 aliphatic carbocycles. The zero-order valence-electron chi connectivity index (χ0n) is 12.5. The Morgan fingerprint density at radius 1 is 1.21 bits per heavy atom. The van der Waals surface area contributed by atoms with Crippen LogP contribution >= 0.6 is 11.3 Å². The van der Waals surface area contributed by atoms with Gasteiger partial charge in [-0.15, -0.1) is 10.2 Å². The van der Waals surface area contributed by atoms with Gasteiger partial charge in [-0.3, -0.25) is 9.36 Å². The van der Waals surface area contributed by atoms with Crippen molar-refractivity contribution in [2.45, 2.75) is 19.6 Å².